The van der Waals surface area contributed by atoms with Gasteiger partial charge in [-0.3, -0.25) is 4.79 Å². The summed E-state index contributed by atoms with van der Waals surface area (Å²) in [4.78, 5) is 14.7. The van der Waals surface area contributed by atoms with E-state index in [9.17, 15) is 4.79 Å². The fourth-order valence-corrected chi connectivity index (χ4v) is 3.54. The number of carbonyl (C=O) groups excluding carboxylic acids is 1. The van der Waals surface area contributed by atoms with Crippen LogP contribution in [-0.4, -0.2) is 50.7 Å². The first-order valence-corrected chi connectivity index (χ1v) is 9.77. The SMILES string of the molecule is CC(C)CC[C@@]1(CC(=O)NCCCN(C)C)CCO[C@H](C(C)C)C1. The number of amides is 1. The van der Waals surface area contributed by atoms with Crippen molar-refractivity contribution in [3.8, 4) is 0 Å². The van der Waals surface area contributed by atoms with Crippen LogP contribution in [0, 0.1) is 17.3 Å². The molecule has 0 aromatic rings. The van der Waals surface area contributed by atoms with E-state index >= 15 is 0 Å². The summed E-state index contributed by atoms with van der Waals surface area (Å²) in [7, 11) is 4.13. The van der Waals surface area contributed by atoms with Crippen LogP contribution >= 0.6 is 0 Å². The molecule has 4 heteroatoms. The molecule has 142 valence electrons. The molecule has 0 aromatic carbocycles. The molecule has 1 rings (SSSR count). The van der Waals surface area contributed by atoms with E-state index in [2.05, 4.69) is 52.0 Å². The minimum absolute atomic E-state index is 0.128. The smallest absolute Gasteiger partial charge is 0.220 e. The first kappa shape index (κ1) is 21.4. The number of carbonyl (C=O) groups is 1. The van der Waals surface area contributed by atoms with Gasteiger partial charge in [0.2, 0.25) is 5.91 Å². The Morgan fingerprint density at radius 1 is 1.29 bits per heavy atom. The Hall–Kier alpha value is -0.610. The molecule has 0 saturated carbocycles. The molecular formula is C20H40N2O2. The van der Waals surface area contributed by atoms with E-state index in [1.54, 1.807) is 0 Å². The van der Waals surface area contributed by atoms with Gasteiger partial charge in [0.15, 0.2) is 0 Å². The number of nitrogens with zero attached hydrogens (tertiary/aromatic N) is 1. The van der Waals surface area contributed by atoms with E-state index in [-0.39, 0.29) is 11.3 Å². The maximum Gasteiger partial charge on any atom is 0.220 e. The first-order valence-electron chi connectivity index (χ1n) is 9.77. The summed E-state index contributed by atoms with van der Waals surface area (Å²) in [6.45, 7) is 11.6. The van der Waals surface area contributed by atoms with Crippen molar-refractivity contribution in [2.75, 3.05) is 33.8 Å². The lowest BCUT2D eigenvalue weighted by atomic mass is 9.69. The Bertz CT molecular complexity index is 369. The van der Waals surface area contributed by atoms with Crippen molar-refractivity contribution < 1.29 is 9.53 Å². The Labute approximate surface area is 149 Å². The lowest BCUT2D eigenvalue weighted by molar-refractivity contribution is -0.128. The van der Waals surface area contributed by atoms with Gasteiger partial charge in [-0.1, -0.05) is 34.1 Å². The highest BCUT2D eigenvalue weighted by atomic mass is 16.5. The van der Waals surface area contributed by atoms with Crippen LogP contribution in [0.1, 0.15) is 66.2 Å². The molecule has 0 unspecified atom stereocenters. The van der Waals surface area contributed by atoms with Crippen LogP contribution in [0.3, 0.4) is 0 Å². The molecule has 2 atom stereocenters. The molecule has 1 fully saturated rings. The van der Waals surface area contributed by atoms with Gasteiger partial charge >= 0.3 is 0 Å². The zero-order valence-electron chi connectivity index (χ0n) is 16.9. The largest absolute Gasteiger partial charge is 0.378 e. The van der Waals surface area contributed by atoms with Crippen LogP contribution in [0.25, 0.3) is 0 Å². The number of rotatable bonds is 10. The molecule has 1 heterocycles. The lowest BCUT2D eigenvalue weighted by Crippen LogP contribution is -2.41. The molecule has 1 amide bonds. The highest BCUT2D eigenvalue weighted by molar-refractivity contribution is 5.76. The summed E-state index contributed by atoms with van der Waals surface area (Å²) >= 11 is 0. The Balaban J connectivity index is 2.59. The van der Waals surface area contributed by atoms with Crippen LogP contribution in [0.5, 0.6) is 0 Å². The highest BCUT2D eigenvalue weighted by Crippen LogP contribution is 2.43. The second kappa shape index (κ2) is 10.4. The van der Waals surface area contributed by atoms with Crippen molar-refractivity contribution in [2.45, 2.75) is 72.3 Å². The van der Waals surface area contributed by atoms with Gasteiger partial charge in [-0.15, -0.1) is 0 Å². The van der Waals surface area contributed by atoms with Crippen molar-refractivity contribution in [2.24, 2.45) is 17.3 Å². The van der Waals surface area contributed by atoms with Gasteiger partial charge in [-0.2, -0.15) is 0 Å². The third-order valence-corrected chi connectivity index (χ3v) is 5.23. The second-order valence-electron chi connectivity index (χ2n) is 8.72. The summed E-state index contributed by atoms with van der Waals surface area (Å²) in [5.41, 5.74) is 0.128. The van der Waals surface area contributed by atoms with Gasteiger partial charge in [-0.25, -0.2) is 0 Å². The van der Waals surface area contributed by atoms with Gasteiger partial charge in [0, 0.05) is 19.6 Å². The topological polar surface area (TPSA) is 41.6 Å². The molecule has 1 N–H and O–H groups in total. The number of hydrogen-bond donors (Lipinski definition) is 1. The lowest BCUT2D eigenvalue weighted by Gasteiger charge is -2.42. The predicted octanol–water partition coefficient (Wildman–Crippen LogP) is 3.70. The third kappa shape index (κ3) is 7.98. The summed E-state index contributed by atoms with van der Waals surface area (Å²) < 4.78 is 5.97. The molecule has 0 spiro atoms. The van der Waals surface area contributed by atoms with Gasteiger partial charge in [0.1, 0.15) is 0 Å². The maximum atomic E-state index is 12.5. The van der Waals surface area contributed by atoms with Crippen LogP contribution in [0.2, 0.25) is 0 Å². The van der Waals surface area contributed by atoms with Crippen molar-refractivity contribution >= 4 is 5.91 Å². The molecule has 1 aliphatic heterocycles. The zero-order chi connectivity index (χ0) is 18.2. The molecule has 1 saturated heterocycles. The minimum Gasteiger partial charge on any atom is -0.378 e. The number of hydrogen-bond acceptors (Lipinski definition) is 3. The predicted molar refractivity (Wildman–Crippen MR) is 101 cm³/mol. The standard InChI is InChI=1S/C20H40N2O2/c1-16(2)8-9-20(10-13-24-18(14-20)17(3)4)15-19(23)21-11-7-12-22(5)6/h16-18H,7-15H2,1-6H3,(H,21,23)/t18-,20+/m0/s1. The maximum absolute atomic E-state index is 12.5. The Morgan fingerprint density at radius 3 is 2.58 bits per heavy atom. The molecule has 0 radical (unpaired) electrons. The fourth-order valence-electron chi connectivity index (χ4n) is 3.54. The Kier molecular flexibility index (Phi) is 9.28. The molecule has 0 aromatic heterocycles. The monoisotopic (exact) mass is 340 g/mol. The minimum atomic E-state index is 0.128. The van der Waals surface area contributed by atoms with Gasteiger partial charge in [0.05, 0.1) is 6.10 Å². The van der Waals surface area contributed by atoms with Crippen molar-refractivity contribution in [1.29, 1.82) is 0 Å². The number of ether oxygens (including phenoxy) is 1. The van der Waals surface area contributed by atoms with Crippen LogP contribution < -0.4 is 5.32 Å². The molecule has 0 aliphatic carbocycles. The van der Waals surface area contributed by atoms with E-state index in [4.69, 9.17) is 4.74 Å². The van der Waals surface area contributed by atoms with Crippen molar-refractivity contribution in [1.82, 2.24) is 10.2 Å². The molecule has 24 heavy (non-hydrogen) atoms. The molecule has 4 nitrogen and oxygen atoms in total. The quantitative estimate of drug-likeness (QED) is 0.617. The molecule has 0 bridgehead atoms. The molecular weight excluding hydrogens is 300 g/mol. The van der Waals surface area contributed by atoms with E-state index < -0.39 is 0 Å². The van der Waals surface area contributed by atoms with Crippen molar-refractivity contribution in [3.63, 3.8) is 0 Å². The second-order valence-corrected chi connectivity index (χ2v) is 8.72. The Morgan fingerprint density at radius 2 is 2.00 bits per heavy atom. The van der Waals surface area contributed by atoms with Gasteiger partial charge < -0.3 is 15.0 Å². The van der Waals surface area contributed by atoms with Crippen LogP contribution in [0.4, 0.5) is 0 Å². The summed E-state index contributed by atoms with van der Waals surface area (Å²) in [5.74, 6) is 1.43. The number of nitrogens with one attached hydrogen (secondary N) is 1. The van der Waals surface area contributed by atoms with E-state index in [1.165, 1.54) is 6.42 Å². The fraction of sp³-hybridized carbons (Fsp3) is 0.950. The van der Waals surface area contributed by atoms with Gasteiger partial charge in [0.25, 0.3) is 0 Å². The van der Waals surface area contributed by atoms with Gasteiger partial charge in [-0.05, 0) is 63.6 Å². The summed E-state index contributed by atoms with van der Waals surface area (Å²) in [6, 6.07) is 0. The van der Waals surface area contributed by atoms with E-state index in [0.29, 0.717) is 24.4 Å². The summed E-state index contributed by atoms with van der Waals surface area (Å²) in [5, 5.41) is 3.14. The third-order valence-electron chi connectivity index (χ3n) is 5.23. The molecule has 1 aliphatic rings. The normalized spacial score (nSPS) is 24.8. The van der Waals surface area contributed by atoms with Crippen LogP contribution in [-0.2, 0) is 9.53 Å². The first-order chi connectivity index (χ1) is 11.2. The highest BCUT2D eigenvalue weighted by Gasteiger charge is 2.39. The summed E-state index contributed by atoms with van der Waals surface area (Å²) in [6.07, 6.45) is 6.36. The zero-order valence-corrected chi connectivity index (χ0v) is 16.9. The van der Waals surface area contributed by atoms with Crippen molar-refractivity contribution in [3.05, 3.63) is 0 Å². The average Bonchev–Trinajstić information content (AvgIpc) is 2.50. The van der Waals surface area contributed by atoms with E-state index in [1.807, 2.05) is 0 Å². The average molecular weight is 341 g/mol. The van der Waals surface area contributed by atoms with Crippen LogP contribution in [0.15, 0.2) is 0 Å². The van der Waals surface area contributed by atoms with E-state index in [0.717, 1.165) is 45.4 Å².